The van der Waals surface area contributed by atoms with Crippen LogP contribution in [0.1, 0.15) is 11.1 Å². The van der Waals surface area contributed by atoms with Gasteiger partial charge in [0.05, 0.1) is 0 Å². The SMILES string of the molecule is Cc1ccnc(Nc2cc(Nc3ccc(NC(=O)/C=C/c4ccc5c(c4)OCO5)cc3)ncn2)c1. The molecule has 0 unspecified atom stereocenters. The monoisotopic (exact) mass is 466 g/mol. The number of anilines is 5. The summed E-state index contributed by atoms with van der Waals surface area (Å²) in [5, 5.41) is 9.24. The lowest BCUT2D eigenvalue weighted by Crippen LogP contribution is -2.07. The van der Waals surface area contributed by atoms with Crippen LogP contribution in [0.2, 0.25) is 0 Å². The Bertz CT molecular complexity index is 1390. The molecular formula is C26H22N6O3. The average Bonchev–Trinajstić information content (AvgIpc) is 3.32. The number of carbonyl (C=O) groups excluding carboxylic acids is 1. The highest BCUT2D eigenvalue weighted by Gasteiger charge is 2.12. The average molecular weight is 467 g/mol. The van der Waals surface area contributed by atoms with E-state index in [0.29, 0.717) is 34.6 Å². The first kappa shape index (κ1) is 21.9. The van der Waals surface area contributed by atoms with Gasteiger partial charge in [-0.3, -0.25) is 4.79 Å². The number of benzene rings is 2. The lowest BCUT2D eigenvalue weighted by Gasteiger charge is -2.09. The standard InChI is InChI=1S/C26H22N6O3/c1-17-10-11-27-23(12-17)32-25-14-24(28-15-29-25)30-19-4-6-20(7-5-19)31-26(33)9-3-18-2-8-21-22(13-18)35-16-34-21/h2-15H,16H2,1H3,(H,31,33)(H2,27,28,29,30,32)/b9-3+. The van der Waals surface area contributed by atoms with Crippen LogP contribution in [0.3, 0.4) is 0 Å². The zero-order valence-corrected chi connectivity index (χ0v) is 18.9. The zero-order chi connectivity index (χ0) is 24.0. The molecule has 0 saturated carbocycles. The lowest BCUT2D eigenvalue weighted by atomic mass is 10.2. The molecule has 0 saturated heterocycles. The Kier molecular flexibility index (Phi) is 6.21. The minimum absolute atomic E-state index is 0.216. The van der Waals surface area contributed by atoms with Crippen LogP contribution < -0.4 is 25.4 Å². The number of hydrogen-bond acceptors (Lipinski definition) is 8. The third-order valence-corrected chi connectivity index (χ3v) is 5.09. The number of amides is 1. The van der Waals surface area contributed by atoms with Crippen molar-refractivity contribution in [1.82, 2.24) is 15.0 Å². The summed E-state index contributed by atoms with van der Waals surface area (Å²) in [7, 11) is 0. The van der Waals surface area contributed by atoms with E-state index >= 15 is 0 Å². The second kappa shape index (κ2) is 9.92. The summed E-state index contributed by atoms with van der Waals surface area (Å²) in [6.45, 7) is 2.22. The van der Waals surface area contributed by atoms with Crippen LogP contribution >= 0.6 is 0 Å². The van der Waals surface area contributed by atoms with Gasteiger partial charge in [-0.05, 0) is 72.7 Å². The number of aryl methyl sites for hydroxylation is 1. The summed E-state index contributed by atoms with van der Waals surface area (Å²) in [4.78, 5) is 25.1. The molecule has 9 heteroatoms. The van der Waals surface area contributed by atoms with E-state index in [1.807, 2.05) is 61.5 Å². The molecule has 2 aromatic heterocycles. The molecular weight excluding hydrogens is 444 g/mol. The van der Waals surface area contributed by atoms with Gasteiger partial charge < -0.3 is 25.4 Å². The van der Waals surface area contributed by atoms with Crippen LogP contribution in [0.15, 0.2) is 79.3 Å². The topological polar surface area (TPSA) is 110 Å². The quantitative estimate of drug-likeness (QED) is 0.325. The molecule has 0 spiro atoms. The number of aromatic nitrogens is 3. The van der Waals surface area contributed by atoms with Crippen molar-refractivity contribution < 1.29 is 14.3 Å². The van der Waals surface area contributed by atoms with Gasteiger partial charge in [0.1, 0.15) is 23.8 Å². The fraction of sp³-hybridized carbons (Fsp3) is 0.0769. The second-order valence-electron chi connectivity index (χ2n) is 7.77. The minimum atomic E-state index is -0.236. The highest BCUT2D eigenvalue weighted by Crippen LogP contribution is 2.32. The van der Waals surface area contributed by atoms with Crippen LogP contribution in [-0.4, -0.2) is 27.7 Å². The molecule has 0 atom stereocenters. The number of nitrogens with zero attached hydrogens (tertiary/aromatic N) is 3. The number of carbonyl (C=O) groups is 1. The van der Waals surface area contributed by atoms with E-state index in [1.54, 1.807) is 18.3 Å². The van der Waals surface area contributed by atoms with Gasteiger partial charge >= 0.3 is 0 Å². The largest absolute Gasteiger partial charge is 0.454 e. The van der Waals surface area contributed by atoms with E-state index in [4.69, 9.17) is 9.47 Å². The molecule has 9 nitrogen and oxygen atoms in total. The molecule has 3 heterocycles. The molecule has 4 aromatic rings. The predicted octanol–water partition coefficient (Wildman–Crippen LogP) is 5.05. The van der Waals surface area contributed by atoms with Crippen LogP contribution in [0.4, 0.5) is 28.8 Å². The third kappa shape index (κ3) is 5.72. The Morgan fingerprint density at radius 1 is 0.829 bits per heavy atom. The summed E-state index contributed by atoms with van der Waals surface area (Å²) in [6.07, 6.45) is 6.41. The molecule has 0 radical (unpaired) electrons. The fourth-order valence-electron chi connectivity index (χ4n) is 3.39. The van der Waals surface area contributed by atoms with Gasteiger partial charge in [-0.25, -0.2) is 15.0 Å². The van der Waals surface area contributed by atoms with Crippen molar-refractivity contribution >= 4 is 40.8 Å². The summed E-state index contributed by atoms with van der Waals surface area (Å²) in [6, 6.07) is 18.5. The van der Waals surface area contributed by atoms with E-state index in [9.17, 15) is 4.79 Å². The normalized spacial score (nSPS) is 11.9. The minimum Gasteiger partial charge on any atom is -0.454 e. The molecule has 1 amide bonds. The van der Waals surface area contributed by atoms with Crippen LogP contribution in [0.5, 0.6) is 11.5 Å². The molecule has 2 aromatic carbocycles. The maximum atomic E-state index is 12.3. The van der Waals surface area contributed by atoms with Crippen LogP contribution in [-0.2, 0) is 4.79 Å². The number of hydrogen-bond donors (Lipinski definition) is 3. The van der Waals surface area contributed by atoms with E-state index < -0.39 is 0 Å². The molecule has 0 fully saturated rings. The second-order valence-corrected chi connectivity index (χ2v) is 7.77. The van der Waals surface area contributed by atoms with Gasteiger partial charge in [0.25, 0.3) is 0 Å². The molecule has 3 N–H and O–H groups in total. The highest BCUT2D eigenvalue weighted by atomic mass is 16.7. The Hall–Kier alpha value is -4.92. The van der Waals surface area contributed by atoms with Crippen LogP contribution in [0.25, 0.3) is 6.08 Å². The van der Waals surface area contributed by atoms with Crippen molar-refractivity contribution in [2.75, 3.05) is 22.7 Å². The fourth-order valence-corrected chi connectivity index (χ4v) is 3.39. The van der Waals surface area contributed by atoms with Crippen molar-refractivity contribution in [3.8, 4) is 11.5 Å². The van der Waals surface area contributed by atoms with Crippen LogP contribution in [0, 0.1) is 6.92 Å². The Morgan fingerprint density at radius 3 is 2.40 bits per heavy atom. The smallest absolute Gasteiger partial charge is 0.248 e. The maximum absolute atomic E-state index is 12.3. The first-order chi connectivity index (χ1) is 17.1. The number of fused-ring (bicyclic) bond motifs is 1. The Labute approximate surface area is 201 Å². The van der Waals surface area contributed by atoms with Crippen molar-refractivity contribution in [3.63, 3.8) is 0 Å². The molecule has 5 rings (SSSR count). The van der Waals surface area contributed by atoms with Crippen molar-refractivity contribution in [2.24, 2.45) is 0 Å². The highest BCUT2D eigenvalue weighted by molar-refractivity contribution is 6.02. The number of rotatable bonds is 7. The Morgan fingerprint density at radius 2 is 1.57 bits per heavy atom. The molecule has 35 heavy (non-hydrogen) atoms. The summed E-state index contributed by atoms with van der Waals surface area (Å²) in [5.41, 5.74) is 3.44. The van der Waals surface area contributed by atoms with Gasteiger partial charge in [0.2, 0.25) is 12.7 Å². The summed E-state index contributed by atoms with van der Waals surface area (Å²) in [5.74, 6) is 3.10. The van der Waals surface area contributed by atoms with Crippen molar-refractivity contribution in [3.05, 3.63) is 90.4 Å². The van der Waals surface area contributed by atoms with Gasteiger partial charge in [-0.1, -0.05) is 6.07 Å². The number of ether oxygens (including phenoxy) is 2. The summed E-state index contributed by atoms with van der Waals surface area (Å²) < 4.78 is 10.7. The van der Waals surface area contributed by atoms with E-state index in [0.717, 1.165) is 16.8 Å². The molecule has 174 valence electrons. The first-order valence-corrected chi connectivity index (χ1v) is 10.9. The summed E-state index contributed by atoms with van der Waals surface area (Å²) >= 11 is 0. The third-order valence-electron chi connectivity index (χ3n) is 5.09. The van der Waals surface area contributed by atoms with Crippen molar-refractivity contribution in [2.45, 2.75) is 6.92 Å². The van der Waals surface area contributed by atoms with Gasteiger partial charge in [-0.15, -0.1) is 0 Å². The molecule has 0 aliphatic carbocycles. The Balaban J connectivity index is 1.17. The van der Waals surface area contributed by atoms with E-state index in [2.05, 4.69) is 30.9 Å². The van der Waals surface area contributed by atoms with Gasteiger partial charge in [0, 0.05) is 29.7 Å². The number of pyridine rings is 1. The zero-order valence-electron chi connectivity index (χ0n) is 18.9. The first-order valence-electron chi connectivity index (χ1n) is 10.9. The van der Waals surface area contributed by atoms with Gasteiger partial charge in [-0.2, -0.15) is 0 Å². The molecule has 0 bridgehead atoms. The molecule has 1 aliphatic heterocycles. The van der Waals surface area contributed by atoms with E-state index in [-0.39, 0.29) is 12.7 Å². The maximum Gasteiger partial charge on any atom is 0.248 e. The van der Waals surface area contributed by atoms with E-state index in [1.165, 1.54) is 12.4 Å². The van der Waals surface area contributed by atoms with Crippen molar-refractivity contribution in [1.29, 1.82) is 0 Å². The lowest BCUT2D eigenvalue weighted by molar-refractivity contribution is -0.111. The molecule has 1 aliphatic rings. The van der Waals surface area contributed by atoms with Gasteiger partial charge in [0.15, 0.2) is 11.5 Å². The predicted molar refractivity (Wildman–Crippen MR) is 134 cm³/mol. The number of nitrogens with one attached hydrogen (secondary N) is 3.